The van der Waals surface area contributed by atoms with E-state index >= 15 is 0 Å². The fourth-order valence-corrected chi connectivity index (χ4v) is 2.23. The van der Waals surface area contributed by atoms with Crippen molar-refractivity contribution in [3.8, 4) is 0 Å². The summed E-state index contributed by atoms with van der Waals surface area (Å²) in [5.74, 6) is -0.387. The molecule has 0 aliphatic carbocycles. The summed E-state index contributed by atoms with van der Waals surface area (Å²) in [5, 5.41) is 5.42. The molecule has 1 heterocycles. The van der Waals surface area contributed by atoms with Crippen LogP contribution in [0.3, 0.4) is 0 Å². The molecule has 2 atom stereocenters. The van der Waals surface area contributed by atoms with Gasteiger partial charge in [-0.2, -0.15) is 0 Å². The number of rotatable bonds is 3. The van der Waals surface area contributed by atoms with Gasteiger partial charge in [-0.1, -0.05) is 6.07 Å². The van der Waals surface area contributed by atoms with Gasteiger partial charge in [0.05, 0.1) is 18.6 Å². The van der Waals surface area contributed by atoms with Gasteiger partial charge in [0, 0.05) is 24.3 Å². The maximum atomic E-state index is 12.5. The normalized spacial score (nSPS) is 24.7. The molecule has 1 aliphatic rings. The summed E-state index contributed by atoms with van der Waals surface area (Å²) in [6, 6.07) is 4.85. The first kappa shape index (κ1) is 15.5. The van der Waals surface area contributed by atoms with E-state index in [-0.39, 0.29) is 17.9 Å². The van der Waals surface area contributed by atoms with Gasteiger partial charge in [0.2, 0.25) is 5.91 Å². The first-order valence-corrected chi connectivity index (χ1v) is 6.86. The number of nitrogens with one attached hydrogen (secondary N) is 2. The number of ether oxygens (including phenoxy) is 1. The summed E-state index contributed by atoms with van der Waals surface area (Å²) in [6.07, 6.45) is 0. The fraction of sp³-hybridized carbons (Fsp3) is 0.467. The third kappa shape index (κ3) is 2.91. The van der Waals surface area contributed by atoms with Gasteiger partial charge in [-0.05, 0) is 31.5 Å². The molecule has 2 rings (SSSR count). The predicted octanol–water partition coefficient (Wildman–Crippen LogP) is 0.657. The monoisotopic (exact) mass is 291 g/mol. The highest BCUT2D eigenvalue weighted by Crippen LogP contribution is 2.29. The summed E-state index contributed by atoms with van der Waals surface area (Å²) < 4.78 is 5.29. The Balaban J connectivity index is 2.23. The molecule has 0 spiro atoms. The van der Waals surface area contributed by atoms with Gasteiger partial charge in [-0.3, -0.25) is 9.59 Å². The molecule has 4 N–H and O–H groups in total. The minimum Gasteiger partial charge on any atom is -0.379 e. The van der Waals surface area contributed by atoms with Crippen LogP contribution in [0, 0.1) is 12.3 Å². The van der Waals surface area contributed by atoms with Crippen molar-refractivity contribution >= 4 is 17.5 Å². The highest BCUT2D eigenvalue weighted by Gasteiger charge is 2.44. The van der Waals surface area contributed by atoms with Gasteiger partial charge < -0.3 is 21.1 Å². The van der Waals surface area contributed by atoms with Crippen LogP contribution in [0.5, 0.6) is 0 Å². The van der Waals surface area contributed by atoms with Crippen LogP contribution in [0.25, 0.3) is 0 Å². The SMILES string of the molecule is CNC(=O)c1ccc(C)c(NC(=O)C2(C)COCC2N)c1. The average Bonchev–Trinajstić information content (AvgIpc) is 2.81. The lowest BCUT2D eigenvalue weighted by Crippen LogP contribution is -2.47. The van der Waals surface area contributed by atoms with Crippen LogP contribution in [0.4, 0.5) is 5.69 Å². The van der Waals surface area contributed by atoms with E-state index in [1.807, 2.05) is 6.92 Å². The largest absolute Gasteiger partial charge is 0.379 e. The molecule has 2 unspecified atom stereocenters. The van der Waals surface area contributed by atoms with Gasteiger partial charge in [0.15, 0.2) is 0 Å². The van der Waals surface area contributed by atoms with Gasteiger partial charge >= 0.3 is 0 Å². The van der Waals surface area contributed by atoms with Crippen molar-refractivity contribution in [3.05, 3.63) is 29.3 Å². The highest BCUT2D eigenvalue weighted by molar-refractivity contribution is 5.99. The second kappa shape index (κ2) is 5.83. The third-order valence-corrected chi connectivity index (χ3v) is 4.01. The van der Waals surface area contributed by atoms with Crippen LogP contribution < -0.4 is 16.4 Å². The zero-order valence-electron chi connectivity index (χ0n) is 12.5. The molecule has 0 radical (unpaired) electrons. The fourth-order valence-electron chi connectivity index (χ4n) is 2.23. The first-order chi connectivity index (χ1) is 9.88. The molecule has 6 nitrogen and oxygen atoms in total. The Kier molecular flexibility index (Phi) is 4.29. The summed E-state index contributed by atoms with van der Waals surface area (Å²) >= 11 is 0. The van der Waals surface area contributed by atoms with Gasteiger partial charge in [-0.25, -0.2) is 0 Å². The smallest absolute Gasteiger partial charge is 0.251 e. The van der Waals surface area contributed by atoms with Crippen molar-refractivity contribution in [1.82, 2.24) is 5.32 Å². The van der Waals surface area contributed by atoms with Gasteiger partial charge in [0.25, 0.3) is 5.91 Å². The Morgan fingerprint density at radius 3 is 2.71 bits per heavy atom. The Bertz CT molecular complexity index is 573. The number of hydrogen-bond acceptors (Lipinski definition) is 4. The molecule has 1 aliphatic heterocycles. The van der Waals surface area contributed by atoms with E-state index in [1.54, 1.807) is 32.2 Å². The van der Waals surface area contributed by atoms with Crippen molar-refractivity contribution in [2.24, 2.45) is 11.1 Å². The molecule has 114 valence electrons. The molecule has 1 fully saturated rings. The molecule has 0 aromatic heterocycles. The van der Waals surface area contributed by atoms with Crippen LogP contribution >= 0.6 is 0 Å². The van der Waals surface area contributed by atoms with Crippen molar-refractivity contribution in [3.63, 3.8) is 0 Å². The van der Waals surface area contributed by atoms with Crippen molar-refractivity contribution < 1.29 is 14.3 Å². The Labute approximate surface area is 124 Å². The predicted molar refractivity (Wildman–Crippen MR) is 80.1 cm³/mol. The maximum Gasteiger partial charge on any atom is 0.251 e. The molecule has 0 bridgehead atoms. The van der Waals surface area contributed by atoms with Crippen molar-refractivity contribution in [1.29, 1.82) is 0 Å². The lowest BCUT2D eigenvalue weighted by Gasteiger charge is -2.26. The summed E-state index contributed by atoms with van der Waals surface area (Å²) in [6.45, 7) is 4.34. The number of amides is 2. The average molecular weight is 291 g/mol. The van der Waals surface area contributed by atoms with Crippen molar-refractivity contribution in [2.75, 3.05) is 25.6 Å². The standard InChI is InChI=1S/C15H21N3O3/c1-9-4-5-10(13(19)17-3)6-11(9)18-14(20)15(2)8-21-7-12(15)16/h4-6,12H,7-8,16H2,1-3H3,(H,17,19)(H,18,20). The molecular formula is C15H21N3O3. The number of anilines is 1. The Morgan fingerprint density at radius 1 is 1.43 bits per heavy atom. The Hall–Kier alpha value is -1.92. The lowest BCUT2D eigenvalue weighted by atomic mass is 9.84. The second-order valence-corrected chi connectivity index (χ2v) is 5.60. The number of nitrogens with two attached hydrogens (primary N) is 1. The van der Waals surface area contributed by atoms with E-state index in [0.29, 0.717) is 24.5 Å². The summed E-state index contributed by atoms with van der Waals surface area (Å²) in [5.41, 5.74) is 7.19. The van der Waals surface area contributed by atoms with Crippen LogP contribution in [0.1, 0.15) is 22.8 Å². The minimum absolute atomic E-state index is 0.190. The van der Waals surface area contributed by atoms with Gasteiger partial charge in [0.1, 0.15) is 0 Å². The first-order valence-electron chi connectivity index (χ1n) is 6.86. The minimum atomic E-state index is -0.755. The molecule has 1 saturated heterocycles. The van der Waals surface area contributed by atoms with Crippen LogP contribution in [0.15, 0.2) is 18.2 Å². The molecule has 0 saturated carbocycles. The second-order valence-electron chi connectivity index (χ2n) is 5.60. The van der Waals surface area contributed by atoms with Crippen LogP contribution in [-0.4, -0.2) is 38.1 Å². The van der Waals surface area contributed by atoms with E-state index in [0.717, 1.165) is 5.56 Å². The van der Waals surface area contributed by atoms with E-state index < -0.39 is 5.41 Å². The van der Waals surface area contributed by atoms with Gasteiger partial charge in [-0.15, -0.1) is 0 Å². The van der Waals surface area contributed by atoms with Crippen molar-refractivity contribution in [2.45, 2.75) is 19.9 Å². The molecule has 21 heavy (non-hydrogen) atoms. The molecular weight excluding hydrogens is 270 g/mol. The molecule has 1 aromatic carbocycles. The topological polar surface area (TPSA) is 93.5 Å². The van der Waals surface area contributed by atoms with Crippen LogP contribution in [-0.2, 0) is 9.53 Å². The third-order valence-electron chi connectivity index (χ3n) is 4.01. The number of hydrogen-bond donors (Lipinski definition) is 3. The highest BCUT2D eigenvalue weighted by atomic mass is 16.5. The zero-order chi connectivity index (χ0) is 15.6. The van der Waals surface area contributed by atoms with E-state index in [1.165, 1.54) is 0 Å². The summed E-state index contributed by atoms with van der Waals surface area (Å²) in [7, 11) is 1.57. The van der Waals surface area contributed by atoms with E-state index in [4.69, 9.17) is 10.5 Å². The number of benzene rings is 1. The lowest BCUT2D eigenvalue weighted by molar-refractivity contribution is -0.125. The number of aryl methyl sites for hydroxylation is 1. The molecule has 1 aromatic rings. The summed E-state index contributed by atoms with van der Waals surface area (Å²) in [4.78, 5) is 24.1. The Morgan fingerprint density at radius 2 is 2.14 bits per heavy atom. The quantitative estimate of drug-likeness (QED) is 0.762. The molecule has 2 amide bonds. The van der Waals surface area contributed by atoms with Crippen LogP contribution in [0.2, 0.25) is 0 Å². The zero-order valence-corrected chi connectivity index (χ0v) is 12.5. The van der Waals surface area contributed by atoms with E-state index in [2.05, 4.69) is 10.6 Å². The number of carbonyl (C=O) groups excluding carboxylic acids is 2. The molecule has 6 heteroatoms. The van der Waals surface area contributed by atoms with E-state index in [9.17, 15) is 9.59 Å². The maximum absolute atomic E-state index is 12.5. The number of carbonyl (C=O) groups is 2.